The lowest BCUT2D eigenvalue weighted by Gasteiger charge is -2.32. The van der Waals surface area contributed by atoms with Crippen molar-refractivity contribution in [3.8, 4) is 5.75 Å². The minimum absolute atomic E-state index is 0.143. The van der Waals surface area contributed by atoms with Gasteiger partial charge in [-0.15, -0.1) is 0 Å². The third kappa shape index (κ3) is 8.58. The fourth-order valence-corrected chi connectivity index (χ4v) is 4.30. The molecule has 1 heterocycles. The zero-order valence-electron chi connectivity index (χ0n) is 23.3. The number of ketones is 1. The Bertz CT molecular complexity index is 1150. The van der Waals surface area contributed by atoms with Crippen LogP contribution < -0.4 is 5.32 Å². The van der Waals surface area contributed by atoms with Gasteiger partial charge in [0, 0.05) is 25.2 Å². The number of hydrogen-bond acceptors (Lipinski definition) is 6. The van der Waals surface area contributed by atoms with E-state index in [0.717, 1.165) is 18.4 Å². The molecule has 0 bridgehead atoms. The lowest BCUT2D eigenvalue weighted by atomic mass is 9.88. The zero-order valence-corrected chi connectivity index (χ0v) is 23.3. The first-order valence-corrected chi connectivity index (χ1v) is 13.1. The van der Waals surface area contributed by atoms with Crippen molar-refractivity contribution in [2.24, 2.45) is 0 Å². The summed E-state index contributed by atoms with van der Waals surface area (Å²) in [6, 6.07) is 12.6. The van der Waals surface area contributed by atoms with Gasteiger partial charge in [0.15, 0.2) is 5.78 Å². The Morgan fingerprint density at radius 3 is 2.26 bits per heavy atom. The van der Waals surface area contributed by atoms with Crippen LogP contribution in [0.15, 0.2) is 42.5 Å². The lowest BCUT2D eigenvalue weighted by molar-refractivity contribution is 0.00296. The maximum Gasteiger partial charge on any atom is 0.407 e. The summed E-state index contributed by atoms with van der Waals surface area (Å²) in [5, 5.41) is 13.2. The van der Waals surface area contributed by atoms with E-state index in [4.69, 9.17) is 9.47 Å². The number of amides is 2. The van der Waals surface area contributed by atoms with Gasteiger partial charge in [-0.05, 0) is 89.6 Å². The van der Waals surface area contributed by atoms with E-state index >= 15 is 0 Å². The van der Waals surface area contributed by atoms with Gasteiger partial charge < -0.3 is 24.8 Å². The van der Waals surface area contributed by atoms with Crippen molar-refractivity contribution in [1.29, 1.82) is 0 Å². The first-order chi connectivity index (χ1) is 17.7. The van der Waals surface area contributed by atoms with Gasteiger partial charge in [-0.1, -0.05) is 24.3 Å². The number of aromatic hydroxyl groups is 1. The monoisotopic (exact) mass is 524 g/mol. The third-order valence-corrected chi connectivity index (χ3v) is 6.22. The van der Waals surface area contributed by atoms with Gasteiger partial charge in [-0.3, -0.25) is 9.59 Å². The van der Waals surface area contributed by atoms with Crippen molar-refractivity contribution in [2.45, 2.75) is 78.0 Å². The maximum absolute atomic E-state index is 13.1. The van der Waals surface area contributed by atoms with Crippen molar-refractivity contribution in [3.05, 3.63) is 64.7 Å². The summed E-state index contributed by atoms with van der Waals surface area (Å²) in [4.78, 5) is 39.2. The fourth-order valence-electron chi connectivity index (χ4n) is 4.30. The number of ether oxygens (including phenoxy) is 2. The average Bonchev–Trinajstić information content (AvgIpc) is 2.84. The number of alkyl carbamates (subject to hydrolysis) is 1. The molecule has 2 aromatic rings. The summed E-state index contributed by atoms with van der Waals surface area (Å²) in [5.41, 5.74) is 1.65. The summed E-state index contributed by atoms with van der Waals surface area (Å²) in [7, 11) is 0. The van der Waals surface area contributed by atoms with E-state index in [-0.39, 0.29) is 29.6 Å². The molecule has 8 nitrogen and oxygen atoms in total. The standard InChI is InChI=1S/C30H40N2O6/c1-29(2,3)37-19-26(34)24-11-10-23(17-25(24)33)27(35)32-14-12-21(13-15-32)22-9-7-8-20(16-22)18-31-28(36)38-30(4,5)6/h7-11,16-17,21,33H,12-15,18-19H2,1-6H3,(H,31,36). The van der Waals surface area contributed by atoms with Crippen LogP contribution in [-0.4, -0.2) is 58.7 Å². The van der Waals surface area contributed by atoms with Crippen LogP contribution in [0.1, 0.15) is 92.1 Å². The van der Waals surface area contributed by atoms with Crippen LogP contribution >= 0.6 is 0 Å². The molecule has 2 amide bonds. The number of likely N-dealkylation sites (tertiary alicyclic amines) is 1. The fraction of sp³-hybridized carbons (Fsp3) is 0.500. The SMILES string of the molecule is CC(C)(C)OCC(=O)c1ccc(C(=O)N2CCC(c3cccc(CNC(=O)OC(C)(C)C)c3)CC2)cc1O. The van der Waals surface area contributed by atoms with E-state index in [1.165, 1.54) is 17.7 Å². The normalized spacial score (nSPS) is 14.7. The summed E-state index contributed by atoms with van der Waals surface area (Å²) < 4.78 is 10.8. The Hall–Kier alpha value is -3.39. The molecule has 0 unspecified atom stereocenters. The average molecular weight is 525 g/mol. The smallest absolute Gasteiger partial charge is 0.407 e. The molecule has 2 aromatic carbocycles. The predicted molar refractivity (Wildman–Crippen MR) is 146 cm³/mol. The molecule has 1 saturated heterocycles. The largest absolute Gasteiger partial charge is 0.507 e. The van der Waals surface area contributed by atoms with Gasteiger partial charge in [-0.2, -0.15) is 0 Å². The number of carbonyl (C=O) groups is 3. The Morgan fingerprint density at radius 2 is 1.66 bits per heavy atom. The summed E-state index contributed by atoms with van der Waals surface area (Å²) in [5.74, 6) is -0.415. The van der Waals surface area contributed by atoms with E-state index in [2.05, 4.69) is 17.4 Å². The molecule has 0 atom stereocenters. The second-order valence-corrected chi connectivity index (χ2v) is 11.7. The summed E-state index contributed by atoms with van der Waals surface area (Å²) >= 11 is 0. The number of nitrogens with zero attached hydrogens (tertiary/aromatic N) is 1. The highest BCUT2D eigenvalue weighted by Gasteiger charge is 2.26. The van der Waals surface area contributed by atoms with Crippen LogP contribution in [0.25, 0.3) is 0 Å². The summed E-state index contributed by atoms with van der Waals surface area (Å²) in [6.07, 6.45) is 1.17. The van der Waals surface area contributed by atoms with Gasteiger partial charge >= 0.3 is 6.09 Å². The molecule has 0 radical (unpaired) electrons. The Morgan fingerprint density at radius 1 is 0.974 bits per heavy atom. The van der Waals surface area contributed by atoms with Crippen LogP contribution in [-0.2, 0) is 16.0 Å². The lowest BCUT2D eigenvalue weighted by Crippen LogP contribution is -2.38. The van der Waals surface area contributed by atoms with E-state index < -0.39 is 17.3 Å². The summed E-state index contributed by atoms with van der Waals surface area (Å²) in [6.45, 7) is 12.5. The first kappa shape index (κ1) is 29.2. The molecule has 38 heavy (non-hydrogen) atoms. The van der Waals surface area contributed by atoms with Gasteiger partial charge in [-0.25, -0.2) is 4.79 Å². The van der Waals surface area contributed by atoms with Crippen LogP contribution in [0.5, 0.6) is 5.75 Å². The number of benzene rings is 2. The highest BCUT2D eigenvalue weighted by Crippen LogP contribution is 2.30. The number of phenols is 1. The number of carbonyl (C=O) groups excluding carboxylic acids is 3. The molecule has 3 rings (SSSR count). The third-order valence-electron chi connectivity index (χ3n) is 6.22. The molecule has 1 aliphatic heterocycles. The van der Waals surface area contributed by atoms with Crippen LogP contribution in [0.4, 0.5) is 4.79 Å². The number of piperidine rings is 1. The quantitative estimate of drug-likeness (QED) is 0.468. The predicted octanol–water partition coefficient (Wildman–Crippen LogP) is 5.43. The first-order valence-electron chi connectivity index (χ1n) is 13.1. The van der Waals surface area contributed by atoms with Crippen LogP contribution in [0.2, 0.25) is 0 Å². The molecule has 206 valence electrons. The van der Waals surface area contributed by atoms with E-state index in [1.807, 2.05) is 53.7 Å². The van der Waals surface area contributed by atoms with E-state index in [1.54, 1.807) is 11.0 Å². The second kappa shape index (κ2) is 12.0. The van der Waals surface area contributed by atoms with Crippen LogP contribution in [0, 0.1) is 0 Å². The highest BCUT2D eigenvalue weighted by atomic mass is 16.6. The van der Waals surface area contributed by atoms with Crippen molar-refractivity contribution in [3.63, 3.8) is 0 Å². The van der Waals surface area contributed by atoms with Crippen molar-refractivity contribution < 1.29 is 29.0 Å². The molecule has 8 heteroatoms. The number of phenolic OH excluding ortho intramolecular Hbond substituents is 1. The minimum Gasteiger partial charge on any atom is -0.507 e. The number of Topliss-reactive ketones (excluding diaryl/α,β-unsaturated/α-hetero) is 1. The number of hydrogen-bond donors (Lipinski definition) is 2. The molecular weight excluding hydrogens is 484 g/mol. The van der Waals surface area contributed by atoms with Gasteiger partial charge in [0.2, 0.25) is 0 Å². The number of rotatable bonds is 7. The topological polar surface area (TPSA) is 105 Å². The number of nitrogens with one attached hydrogen (secondary N) is 1. The van der Waals surface area contributed by atoms with Gasteiger partial charge in [0.05, 0.1) is 11.2 Å². The molecule has 0 saturated carbocycles. The second-order valence-electron chi connectivity index (χ2n) is 11.7. The molecule has 1 fully saturated rings. The van der Waals surface area contributed by atoms with Crippen LogP contribution in [0.3, 0.4) is 0 Å². The highest BCUT2D eigenvalue weighted by molar-refractivity contribution is 6.01. The molecule has 0 aliphatic carbocycles. The molecule has 1 aliphatic rings. The molecule has 0 spiro atoms. The van der Waals surface area contributed by atoms with E-state index in [9.17, 15) is 19.5 Å². The Balaban J connectivity index is 1.55. The van der Waals surface area contributed by atoms with Crippen molar-refractivity contribution in [2.75, 3.05) is 19.7 Å². The Labute approximate surface area is 225 Å². The van der Waals surface area contributed by atoms with Crippen molar-refractivity contribution >= 4 is 17.8 Å². The minimum atomic E-state index is -0.545. The Kier molecular flexibility index (Phi) is 9.20. The molecule has 2 N–H and O–H groups in total. The van der Waals surface area contributed by atoms with Gasteiger partial charge in [0.1, 0.15) is 18.0 Å². The van der Waals surface area contributed by atoms with Crippen molar-refractivity contribution in [1.82, 2.24) is 10.2 Å². The zero-order chi connectivity index (χ0) is 28.1. The molecular formula is C30H40N2O6. The maximum atomic E-state index is 13.1. The molecule has 0 aromatic heterocycles. The van der Waals surface area contributed by atoms with E-state index in [0.29, 0.717) is 31.1 Å². The van der Waals surface area contributed by atoms with Gasteiger partial charge in [0.25, 0.3) is 5.91 Å².